The Morgan fingerprint density at radius 3 is 2.83 bits per heavy atom. The van der Waals surface area contributed by atoms with Gasteiger partial charge in [-0.1, -0.05) is 32.3 Å². The van der Waals surface area contributed by atoms with Crippen LogP contribution in [0.25, 0.3) is 0 Å². The van der Waals surface area contributed by atoms with Crippen LogP contribution in [-0.4, -0.2) is 17.1 Å². The highest BCUT2D eigenvalue weighted by atomic mass is 15.0. The third kappa shape index (κ3) is 2.88. The van der Waals surface area contributed by atoms with Gasteiger partial charge in [-0.2, -0.15) is 0 Å². The Morgan fingerprint density at radius 2 is 1.96 bits per heavy atom. The van der Waals surface area contributed by atoms with Crippen molar-refractivity contribution in [3.8, 4) is 0 Å². The van der Waals surface area contributed by atoms with E-state index in [1.54, 1.807) is 0 Å². The van der Waals surface area contributed by atoms with Crippen molar-refractivity contribution in [2.45, 2.75) is 76.3 Å². The maximum absolute atomic E-state index is 6.18. The summed E-state index contributed by atoms with van der Waals surface area (Å²) in [6, 6.07) is 5.78. The Hall–Kier alpha value is -1.09. The van der Waals surface area contributed by atoms with E-state index in [2.05, 4.69) is 23.3 Å². The van der Waals surface area contributed by atoms with Crippen molar-refractivity contribution in [3.63, 3.8) is 0 Å². The molecule has 3 aliphatic rings. The summed E-state index contributed by atoms with van der Waals surface area (Å²) < 4.78 is 0. The smallest absolute Gasteiger partial charge is 0.126 e. The lowest BCUT2D eigenvalue weighted by Gasteiger charge is -2.51. The van der Waals surface area contributed by atoms with Gasteiger partial charge in [-0.3, -0.25) is 0 Å². The fourth-order valence-corrected chi connectivity index (χ4v) is 5.85. The zero-order valence-corrected chi connectivity index (χ0v) is 14.4. The molecule has 6 atom stereocenters. The Balaban J connectivity index is 1.55. The van der Waals surface area contributed by atoms with Crippen molar-refractivity contribution in [2.75, 3.05) is 5.73 Å². The molecule has 3 N–H and O–H groups in total. The zero-order chi connectivity index (χ0) is 15.8. The molecular formula is C20H31N3. The fourth-order valence-electron chi connectivity index (χ4n) is 5.85. The van der Waals surface area contributed by atoms with Crippen LogP contribution < -0.4 is 11.1 Å². The number of piperidine rings is 1. The molecule has 0 aromatic carbocycles. The summed E-state index contributed by atoms with van der Waals surface area (Å²) in [6.07, 6.45) is 13.1. The van der Waals surface area contributed by atoms with Gasteiger partial charge in [0.2, 0.25) is 0 Å². The Morgan fingerprint density at radius 1 is 1.13 bits per heavy atom. The molecule has 0 amide bonds. The number of nitrogens with two attached hydrogens (primary N) is 1. The molecule has 3 heteroatoms. The third-order valence-electron chi connectivity index (χ3n) is 7.04. The molecule has 0 spiro atoms. The predicted octanol–water partition coefficient (Wildman–Crippen LogP) is 4.10. The first-order chi connectivity index (χ1) is 11.2. The Bertz CT molecular complexity index is 543. The highest BCUT2D eigenvalue weighted by Crippen LogP contribution is 2.47. The molecule has 3 fully saturated rings. The lowest BCUT2D eigenvalue weighted by atomic mass is 9.62. The lowest BCUT2D eigenvalue weighted by molar-refractivity contribution is 0.0483. The van der Waals surface area contributed by atoms with Gasteiger partial charge in [-0.05, 0) is 67.4 Å². The zero-order valence-electron chi connectivity index (χ0n) is 14.4. The number of nitrogens with one attached hydrogen (secondary N) is 1. The minimum absolute atomic E-state index is 0.526. The maximum atomic E-state index is 6.18. The second kappa shape index (κ2) is 6.43. The van der Waals surface area contributed by atoms with Crippen LogP contribution in [0.2, 0.25) is 0 Å². The van der Waals surface area contributed by atoms with Gasteiger partial charge in [0, 0.05) is 18.3 Å². The number of anilines is 1. The van der Waals surface area contributed by atoms with Gasteiger partial charge in [-0.15, -0.1) is 0 Å². The van der Waals surface area contributed by atoms with Crippen molar-refractivity contribution < 1.29 is 0 Å². The third-order valence-corrected chi connectivity index (χ3v) is 7.04. The van der Waals surface area contributed by atoms with Crippen LogP contribution in [0.4, 0.5) is 5.82 Å². The summed E-state index contributed by atoms with van der Waals surface area (Å²) in [5.74, 6) is 3.78. The monoisotopic (exact) mass is 313 g/mol. The summed E-state index contributed by atoms with van der Waals surface area (Å²) in [5, 5.41) is 4.06. The second-order valence-corrected chi connectivity index (χ2v) is 8.19. The van der Waals surface area contributed by atoms with Crippen LogP contribution in [0.1, 0.15) is 69.8 Å². The maximum Gasteiger partial charge on any atom is 0.126 e. The van der Waals surface area contributed by atoms with Gasteiger partial charge in [-0.25, -0.2) is 4.98 Å². The van der Waals surface area contributed by atoms with Gasteiger partial charge in [0.05, 0.1) is 0 Å². The van der Waals surface area contributed by atoms with Gasteiger partial charge in [0.25, 0.3) is 0 Å². The molecule has 23 heavy (non-hydrogen) atoms. The van der Waals surface area contributed by atoms with Gasteiger partial charge >= 0.3 is 0 Å². The molecule has 1 aromatic heterocycles. The number of rotatable bonds is 2. The minimum Gasteiger partial charge on any atom is -0.383 e. The number of nitrogens with zero attached hydrogens (tertiary/aromatic N) is 1. The normalized spacial score (nSPS) is 38.4. The summed E-state index contributed by atoms with van der Waals surface area (Å²) in [5.41, 5.74) is 7.44. The van der Waals surface area contributed by atoms with Gasteiger partial charge in [0.1, 0.15) is 5.82 Å². The van der Waals surface area contributed by atoms with Crippen molar-refractivity contribution in [2.24, 2.45) is 17.8 Å². The molecule has 6 unspecified atom stereocenters. The van der Waals surface area contributed by atoms with E-state index >= 15 is 0 Å². The molecule has 4 rings (SSSR count). The first-order valence-electron chi connectivity index (χ1n) is 9.70. The molecule has 0 radical (unpaired) electrons. The molecule has 126 valence electrons. The van der Waals surface area contributed by atoms with E-state index in [1.165, 1.54) is 56.9 Å². The average molecular weight is 313 g/mol. The van der Waals surface area contributed by atoms with E-state index in [0.717, 1.165) is 35.7 Å². The molecule has 1 aromatic rings. The van der Waals surface area contributed by atoms with Crippen LogP contribution in [-0.2, 0) is 0 Å². The summed E-state index contributed by atoms with van der Waals surface area (Å²) in [7, 11) is 0. The fraction of sp³-hybridized carbons (Fsp3) is 0.750. The molecule has 0 bridgehead atoms. The molecule has 2 aliphatic carbocycles. The van der Waals surface area contributed by atoms with Gasteiger partial charge < -0.3 is 11.1 Å². The van der Waals surface area contributed by atoms with Crippen molar-refractivity contribution in [1.82, 2.24) is 10.3 Å². The van der Waals surface area contributed by atoms with E-state index < -0.39 is 0 Å². The van der Waals surface area contributed by atoms with E-state index in [4.69, 9.17) is 5.73 Å². The van der Waals surface area contributed by atoms with Gasteiger partial charge in [0.15, 0.2) is 0 Å². The molecule has 1 aliphatic heterocycles. The first-order valence-corrected chi connectivity index (χ1v) is 9.70. The largest absolute Gasteiger partial charge is 0.383 e. The van der Waals surface area contributed by atoms with Crippen LogP contribution in [0, 0.1) is 17.8 Å². The van der Waals surface area contributed by atoms with Crippen LogP contribution in [0.15, 0.2) is 18.3 Å². The molecule has 3 nitrogen and oxygen atoms in total. The van der Waals surface area contributed by atoms with Crippen molar-refractivity contribution in [3.05, 3.63) is 23.9 Å². The lowest BCUT2D eigenvalue weighted by Crippen LogP contribution is -2.56. The summed E-state index contributed by atoms with van der Waals surface area (Å²) in [4.78, 5) is 4.33. The number of nitrogen functional groups attached to an aromatic ring is 1. The summed E-state index contributed by atoms with van der Waals surface area (Å²) in [6.45, 7) is 2.38. The molecule has 1 saturated heterocycles. The predicted molar refractivity (Wildman–Crippen MR) is 95.2 cm³/mol. The Labute approximate surface area is 140 Å². The minimum atomic E-state index is 0.526. The highest BCUT2D eigenvalue weighted by molar-refractivity contribution is 5.41. The van der Waals surface area contributed by atoms with E-state index in [1.807, 2.05) is 12.3 Å². The molecule has 2 heterocycles. The molecular weight excluding hydrogens is 282 g/mol. The number of pyridine rings is 1. The van der Waals surface area contributed by atoms with Crippen LogP contribution in [0.5, 0.6) is 0 Å². The first kappa shape index (κ1) is 15.4. The molecule has 2 saturated carbocycles. The van der Waals surface area contributed by atoms with Crippen LogP contribution in [0.3, 0.4) is 0 Å². The quantitative estimate of drug-likeness (QED) is 0.864. The Kier molecular flexibility index (Phi) is 4.31. The second-order valence-electron chi connectivity index (χ2n) is 8.19. The standard InChI is InChI=1S/C20H31N3/c1-13(16-8-5-11-22-20(16)21)15-7-4-10-19-17(15)12-14-6-2-3-9-18(14)23-19/h5,8,11,13-15,17-19,23H,2-4,6-7,9-10,12H2,1H3,(H2,21,22). The van der Waals surface area contributed by atoms with E-state index in [-0.39, 0.29) is 0 Å². The number of hydrogen-bond acceptors (Lipinski definition) is 3. The van der Waals surface area contributed by atoms with E-state index in [0.29, 0.717) is 5.92 Å². The SMILES string of the molecule is CC(c1cccnc1N)C1CCCC2NC3CCCCC3CC21. The number of hydrogen-bond donors (Lipinski definition) is 2. The topological polar surface area (TPSA) is 50.9 Å². The van der Waals surface area contributed by atoms with Crippen molar-refractivity contribution >= 4 is 5.82 Å². The number of aromatic nitrogens is 1. The highest BCUT2D eigenvalue weighted by Gasteiger charge is 2.44. The van der Waals surface area contributed by atoms with Crippen LogP contribution >= 0.6 is 0 Å². The summed E-state index contributed by atoms with van der Waals surface area (Å²) >= 11 is 0. The van der Waals surface area contributed by atoms with Crippen molar-refractivity contribution in [1.29, 1.82) is 0 Å². The van der Waals surface area contributed by atoms with E-state index in [9.17, 15) is 0 Å². The average Bonchev–Trinajstić information content (AvgIpc) is 2.59. The number of fused-ring (bicyclic) bond motifs is 2.